The average molecular weight is 280 g/mol. The van der Waals surface area contributed by atoms with Crippen LogP contribution in [0.3, 0.4) is 0 Å². The van der Waals surface area contributed by atoms with Crippen LogP contribution in [-0.4, -0.2) is 59.8 Å². The zero-order valence-electron chi connectivity index (χ0n) is 13.7. The number of β-amino-alcohol motifs (C(OH)–C–C–N with tert-alkyl or cyclic N) is 1. The van der Waals surface area contributed by atoms with Crippen molar-refractivity contribution in [2.24, 2.45) is 11.8 Å². The Balaban J connectivity index is 1.86. The fourth-order valence-corrected chi connectivity index (χ4v) is 3.82. The second-order valence-corrected chi connectivity index (χ2v) is 7.06. The molecule has 3 nitrogen and oxygen atoms in total. The number of aliphatic hydroxyl groups is 1. The summed E-state index contributed by atoms with van der Waals surface area (Å²) in [6.45, 7) is 14.3. The fraction of sp³-hybridized carbons (Fsp3) is 0.882. The van der Waals surface area contributed by atoms with Crippen LogP contribution < -0.4 is 0 Å². The summed E-state index contributed by atoms with van der Waals surface area (Å²) in [6.07, 6.45) is 4.84. The Morgan fingerprint density at radius 1 is 1.35 bits per heavy atom. The molecule has 0 spiro atoms. The van der Waals surface area contributed by atoms with Gasteiger partial charge in [-0.25, -0.2) is 0 Å². The summed E-state index contributed by atoms with van der Waals surface area (Å²) in [7, 11) is 0. The molecule has 1 saturated heterocycles. The van der Waals surface area contributed by atoms with E-state index >= 15 is 0 Å². The second kappa shape index (κ2) is 7.06. The number of hydrogen-bond donors (Lipinski definition) is 1. The number of rotatable bonds is 4. The minimum absolute atomic E-state index is 0.215. The predicted molar refractivity (Wildman–Crippen MR) is 84.8 cm³/mol. The van der Waals surface area contributed by atoms with Gasteiger partial charge in [-0.05, 0) is 45.4 Å². The van der Waals surface area contributed by atoms with Crippen molar-refractivity contribution in [3.05, 3.63) is 11.6 Å². The van der Waals surface area contributed by atoms with E-state index in [0.717, 1.165) is 38.0 Å². The highest BCUT2D eigenvalue weighted by molar-refractivity contribution is 5.09. The standard InChI is InChI=1S/C17H32N2O/c1-13-6-5-7-14(2)17(13)12-18-8-9-19(11-16(4)20)15(3)10-18/h6,14-17,20H,5,7-12H2,1-4H3/t14-,15+,16-,17+/m0/s1. The van der Waals surface area contributed by atoms with Crippen molar-refractivity contribution < 1.29 is 5.11 Å². The van der Waals surface area contributed by atoms with Crippen molar-refractivity contribution in [1.29, 1.82) is 0 Å². The zero-order valence-corrected chi connectivity index (χ0v) is 13.7. The third kappa shape index (κ3) is 4.06. The van der Waals surface area contributed by atoms with Gasteiger partial charge in [0.1, 0.15) is 0 Å². The number of nitrogens with zero attached hydrogens (tertiary/aromatic N) is 2. The van der Waals surface area contributed by atoms with E-state index in [4.69, 9.17) is 0 Å². The summed E-state index contributed by atoms with van der Waals surface area (Å²) < 4.78 is 0. The van der Waals surface area contributed by atoms with Gasteiger partial charge in [-0.15, -0.1) is 0 Å². The van der Waals surface area contributed by atoms with E-state index in [1.807, 2.05) is 6.92 Å². The monoisotopic (exact) mass is 280 g/mol. The Labute approximate surface area is 124 Å². The quantitative estimate of drug-likeness (QED) is 0.801. The number of allylic oxidation sites excluding steroid dienone is 1. The lowest BCUT2D eigenvalue weighted by atomic mass is 9.79. The molecule has 1 aliphatic heterocycles. The maximum absolute atomic E-state index is 9.56. The van der Waals surface area contributed by atoms with E-state index in [1.165, 1.54) is 19.4 Å². The fourth-order valence-electron chi connectivity index (χ4n) is 3.82. The van der Waals surface area contributed by atoms with Crippen LogP contribution in [0.4, 0.5) is 0 Å². The van der Waals surface area contributed by atoms with Crippen LogP contribution in [0.15, 0.2) is 11.6 Å². The molecule has 1 fully saturated rings. The van der Waals surface area contributed by atoms with Crippen molar-refractivity contribution in [2.75, 3.05) is 32.7 Å². The van der Waals surface area contributed by atoms with E-state index in [-0.39, 0.29) is 6.10 Å². The van der Waals surface area contributed by atoms with Crippen LogP contribution in [0.2, 0.25) is 0 Å². The Morgan fingerprint density at radius 3 is 2.70 bits per heavy atom. The summed E-state index contributed by atoms with van der Waals surface area (Å²) in [5.74, 6) is 1.57. The molecule has 0 aromatic heterocycles. The van der Waals surface area contributed by atoms with Gasteiger partial charge >= 0.3 is 0 Å². The van der Waals surface area contributed by atoms with E-state index in [9.17, 15) is 5.11 Å². The molecule has 0 amide bonds. The highest BCUT2D eigenvalue weighted by atomic mass is 16.3. The first-order chi connectivity index (χ1) is 9.47. The number of piperazine rings is 1. The molecule has 0 bridgehead atoms. The molecule has 1 N–H and O–H groups in total. The van der Waals surface area contributed by atoms with Gasteiger partial charge in [0.2, 0.25) is 0 Å². The molecule has 2 aliphatic rings. The van der Waals surface area contributed by atoms with Gasteiger partial charge in [0.25, 0.3) is 0 Å². The third-order valence-corrected chi connectivity index (χ3v) is 5.16. The Hall–Kier alpha value is -0.380. The maximum atomic E-state index is 9.56. The van der Waals surface area contributed by atoms with Gasteiger partial charge in [-0.3, -0.25) is 9.80 Å². The summed E-state index contributed by atoms with van der Waals surface area (Å²) in [6, 6.07) is 0.557. The molecule has 20 heavy (non-hydrogen) atoms. The van der Waals surface area contributed by atoms with Crippen molar-refractivity contribution >= 4 is 0 Å². The normalized spacial score (nSPS) is 34.9. The molecule has 0 unspecified atom stereocenters. The van der Waals surface area contributed by atoms with Crippen LogP contribution in [-0.2, 0) is 0 Å². The van der Waals surface area contributed by atoms with Crippen molar-refractivity contribution in [2.45, 2.75) is 52.7 Å². The van der Waals surface area contributed by atoms with Crippen molar-refractivity contribution in [3.63, 3.8) is 0 Å². The van der Waals surface area contributed by atoms with Gasteiger partial charge in [0.05, 0.1) is 6.10 Å². The summed E-state index contributed by atoms with van der Waals surface area (Å²) >= 11 is 0. The van der Waals surface area contributed by atoms with Crippen LogP contribution in [0.25, 0.3) is 0 Å². The minimum Gasteiger partial charge on any atom is -0.392 e. The third-order valence-electron chi connectivity index (χ3n) is 5.16. The summed E-state index contributed by atoms with van der Waals surface area (Å²) in [5.41, 5.74) is 1.60. The molecule has 1 heterocycles. The van der Waals surface area contributed by atoms with Gasteiger partial charge in [0.15, 0.2) is 0 Å². The molecule has 1 aliphatic carbocycles. The van der Waals surface area contributed by atoms with Gasteiger partial charge in [-0.2, -0.15) is 0 Å². The summed E-state index contributed by atoms with van der Waals surface area (Å²) in [4.78, 5) is 5.06. The van der Waals surface area contributed by atoms with E-state index in [0.29, 0.717) is 6.04 Å². The second-order valence-electron chi connectivity index (χ2n) is 7.06. The largest absolute Gasteiger partial charge is 0.392 e. The number of aliphatic hydroxyl groups excluding tert-OH is 1. The zero-order chi connectivity index (χ0) is 14.7. The first-order valence-corrected chi connectivity index (χ1v) is 8.28. The topological polar surface area (TPSA) is 26.7 Å². The lowest BCUT2D eigenvalue weighted by Crippen LogP contribution is -2.54. The SMILES string of the molecule is CC1=CCC[C@H](C)[C@@H]1CN1CCN(C[C@H](C)O)[C@H](C)C1. The molecule has 0 aromatic carbocycles. The van der Waals surface area contributed by atoms with Crippen molar-refractivity contribution in [1.82, 2.24) is 9.80 Å². The highest BCUT2D eigenvalue weighted by Crippen LogP contribution is 2.31. The molecule has 2 rings (SSSR count). The van der Waals surface area contributed by atoms with E-state index < -0.39 is 0 Å². The average Bonchev–Trinajstić information content (AvgIpc) is 2.37. The molecule has 0 radical (unpaired) electrons. The van der Waals surface area contributed by atoms with Crippen LogP contribution in [0, 0.1) is 11.8 Å². The molecule has 3 heteroatoms. The number of hydrogen-bond acceptors (Lipinski definition) is 3. The predicted octanol–water partition coefficient (Wildman–Crippen LogP) is 2.37. The molecule has 116 valence electrons. The molecule has 0 aromatic rings. The van der Waals surface area contributed by atoms with Gasteiger partial charge in [0, 0.05) is 38.8 Å². The lowest BCUT2D eigenvalue weighted by Gasteiger charge is -2.43. The molecular weight excluding hydrogens is 248 g/mol. The Morgan fingerprint density at radius 2 is 2.10 bits per heavy atom. The van der Waals surface area contributed by atoms with Crippen LogP contribution in [0.5, 0.6) is 0 Å². The summed E-state index contributed by atoms with van der Waals surface area (Å²) in [5, 5.41) is 9.56. The first kappa shape index (κ1) is 16.0. The highest BCUT2D eigenvalue weighted by Gasteiger charge is 2.29. The maximum Gasteiger partial charge on any atom is 0.0639 e. The lowest BCUT2D eigenvalue weighted by molar-refractivity contribution is 0.0376. The van der Waals surface area contributed by atoms with Gasteiger partial charge < -0.3 is 5.11 Å². The minimum atomic E-state index is -0.215. The van der Waals surface area contributed by atoms with Crippen LogP contribution >= 0.6 is 0 Å². The van der Waals surface area contributed by atoms with E-state index in [2.05, 4.69) is 36.6 Å². The van der Waals surface area contributed by atoms with E-state index in [1.54, 1.807) is 5.57 Å². The van der Waals surface area contributed by atoms with Crippen molar-refractivity contribution in [3.8, 4) is 0 Å². The molecule has 4 atom stereocenters. The first-order valence-electron chi connectivity index (χ1n) is 8.28. The molecule has 0 saturated carbocycles. The van der Waals surface area contributed by atoms with Crippen LogP contribution in [0.1, 0.15) is 40.5 Å². The Kier molecular flexibility index (Phi) is 5.65. The Bertz CT molecular complexity index is 340. The van der Waals surface area contributed by atoms with Gasteiger partial charge in [-0.1, -0.05) is 18.6 Å². The smallest absolute Gasteiger partial charge is 0.0639 e. The molecular formula is C17H32N2O.